The molecule has 0 bridgehead atoms. The van der Waals surface area contributed by atoms with Crippen molar-refractivity contribution in [1.82, 2.24) is 4.72 Å². The first-order chi connectivity index (χ1) is 9.03. The molecule has 6 heteroatoms. The van der Waals surface area contributed by atoms with Gasteiger partial charge in [-0.2, -0.15) is 0 Å². The van der Waals surface area contributed by atoms with E-state index in [9.17, 15) is 8.42 Å². The van der Waals surface area contributed by atoms with Gasteiger partial charge in [-0.05, 0) is 30.5 Å². The predicted molar refractivity (Wildman–Crippen MR) is 77.0 cm³/mol. The summed E-state index contributed by atoms with van der Waals surface area (Å²) in [5, 5.41) is 8.62. The molecular weight excluding hydrogens is 264 g/mol. The van der Waals surface area contributed by atoms with E-state index in [1.807, 2.05) is 0 Å². The number of rotatable bonds is 9. The maximum absolute atomic E-state index is 11.8. The Morgan fingerprint density at radius 3 is 2.32 bits per heavy atom. The molecule has 0 aliphatic rings. The van der Waals surface area contributed by atoms with E-state index in [1.54, 1.807) is 24.3 Å². The van der Waals surface area contributed by atoms with E-state index < -0.39 is 10.0 Å². The summed E-state index contributed by atoms with van der Waals surface area (Å²) < 4.78 is 26.2. The number of aliphatic hydroxyl groups is 1. The number of hydrogen-bond donors (Lipinski definition) is 3. The molecule has 1 rings (SSSR count). The molecule has 0 fully saturated rings. The number of sulfonamides is 1. The molecular formula is C13H22N2O3S. The van der Waals surface area contributed by atoms with E-state index in [0.717, 1.165) is 31.2 Å². The van der Waals surface area contributed by atoms with E-state index in [4.69, 9.17) is 10.8 Å². The number of benzene rings is 1. The zero-order valence-corrected chi connectivity index (χ0v) is 11.8. The maximum Gasteiger partial charge on any atom is 0.215 e. The summed E-state index contributed by atoms with van der Waals surface area (Å²) in [6, 6.07) is 6.82. The molecule has 0 saturated heterocycles. The lowest BCUT2D eigenvalue weighted by molar-refractivity contribution is 0.282. The summed E-state index contributed by atoms with van der Waals surface area (Å²) >= 11 is 0. The zero-order chi connectivity index (χ0) is 14.1. The molecule has 108 valence electrons. The van der Waals surface area contributed by atoms with Gasteiger partial charge in [-0.3, -0.25) is 0 Å². The molecule has 0 atom stereocenters. The highest BCUT2D eigenvalue weighted by atomic mass is 32.2. The van der Waals surface area contributed by atoms with Gasteiger partial charge in [-0.25, -0.2) is 13.1 Å². The molecule has 1 aromatic carbocycles. The molecule has 0 spiro atoms. The van der Waals surface area contributed by atoms with Crippen molar-refractivity contribution in [3.05, 3.63) is 29.8 Å². The van der Waals surface area contributed by atoms with Crippen molar-refractivity contribution in [3.63, 3.8) is 0 Å². The second-order valence-corrected chi connectivity index (χ2v) is 6.34. The second kappa shape index (κ2) is 8.14. The fourth-order valence-electron chi connectivity index (χ4n) is 1.70. The van der Waals surface area contributed by atoms with E-state index >= 15 is 0 Å². The average molecular weight is 286 g/mol. The number of nitrogens with two attached hydrogens (primary N) is 1. The quantitative estimate of drug-likeness (QED) is 0.470. The van der Waals surface area contributed by atoms with E-state index in [2.05, 4.69) is 4.72 Å². The number of anilines is 1. The Morgan fingerprint density at radius 2 is 1.68 bits per heavy atom. The fraction of sp³-hybridized carbons (Fsp3) is 0.538. The van der Waals surface area contributed by atoms with Crippen LogP contribution in [0, 0.1) is 0 Å². The molecule has 0 radical (unpaired) electrons. The minimum Gasteiger partial charge on any atom is -0.399 e. The monoisotopic (exact) mass is 286 g/mol. The van der Waals surface area contributed by atoms with Crippen LogP contribution in [0.3, 0.4) is 0 Å². The van der Waals surface area contributed by atoms with Crippen molar-refractivity contribution in [3.8, 4) is 0 Å². The molecule has 1 aromatic rings. The number of aliphatic hydroxyl groups excluding tert-OH is 1. The van der Waals surface area contributed by atoms with Crippen molar-refractivity contribution in [1.29, 1.82) is 0 Å². The SMILES string of the molecule is Nc1ccc(CS(=O)(=O)NCCCCCCO)cc1. The van der Waals surface area contributed by atoms with Gasteiger partial charge in [0.05, 0.1) is 5.75 Å². The third-order valence-electron chi connectivity index (χ3n) is 2.74. The number of hydrogen-bond acceptors (Lipinski definition) is 4. The van der Waals surface area contributed by atoms with E-state index in [-0.39, 0.29) is 12.4 Å². The van der Waals surface area contributed by atoms with Crippen LogP contribution in [0.1, 0.15) is 31.2 Å². The third kappa shape index (κ3) is 7.15. The molecule has 0 amide bonds. The van der Waals surface area contributed by atoms with Crippen LogP contribution in [-0.2, 0) is 15.8 Å². The zero-order valence-electron chi connectivity index (χ0n) is 11.0. The Kier molecular flexibility index (Phi) is 6.83. The van der Waals surface area contributed by atoms with Crippen LogP contribution >= 0.6 is 0 Å². The lowest BCUT2D eigenvalue weighted by Crippen LogP contribution is -2.26. The predicted octanol–water partition coefficient (Wildman–Crippen LogP) is 1.24. The molecule has 4 N–H and O–H groups in total. The van der Waals surface area contributed by atoms with Crippen molar-refractivity contribution in [2.75, 3.05) is 18.9 Å². The highest BCUT2D eigenvalue weighted by Gasteiger charge is 2.10. The van der Waals surface area contributed by atoms with Gasteiger partial charge >= 0.3 is 0 Å². The molecule has 5 nitrogen and oxygen atoms in total. The molecule has 0 heterocycles. The van der Waals surface area contributed by atoms with Gasteiger partial charge in [0.15, 0.2) is 0 Å². The van der Waals surface area contributed by atoms with Crippen LogP contribution in [0.5, 0.6) is 0 Å². The Morgan fingerprint density at radius 1 is 1.05 bits per heavy atom. The summed E-state index contributed by atoms with van der Waals surface area (Å²) in [6.45, 7) is 0.644. The first-order valence-corrected chi connectivity index (χ1v) is 8.11. The Hall–Kier alpha value is -1.11. The lowest BCUT2D eigenvalue weighted by Gasteiger charge is -2.07. The van der Waals surface area contributed by atoms with Crippen molar-refractivity contribution < 1.29 is 13.5 Å². The molecule has 0 aliphatic heterocycles. The van der Waals surface area contributed by atoms with Gasteiger partial charge in [-0.15, -0.1) is 0 Å². The second-order valence-electron chi connectivity index (χ2n) is 4.53. The smallest absolute Gasteiger partial charge is 0.215 e. The highest BCUT2D eigenvalue weighted by Crippen LogP contribution is 2.08. The summed E-state index contributed by atoms with van der Waals surface area (Å²) in [5.41, 5.74) is 6.89. The summed E-state index contributed by atoms with van der Waals surface area (Å²) in [5.74, 6) is -0.0239. The Bertz CT molecular complexity index is 457. The molecule has 19 heavy (non-hydrogen) atoms. The fourth-order valence-corrected chi connectivity index (χ4v) is 2.89. The first kappa shape index (κ1) is 15.9. The molecule has 0 saturated carbocycles. The van der Waals surface area contributed by atoms with Gasteiger partial charge < -0.3 is 10.8 Å². The summed E-state index contributed by atoms with van der Waals surface area (Å²) in [7, 11) is -3.28. The van der Waals surface area contributed by atoms with Crippen LogP contribution < -0.4 is 10.5 Å². The molecule has 0 unspecified atom stereocenters. The largest absolute Gasteiger partial charge is 0.399 e. The average Bonchev–Trinajstić information content (AvgIpc) is 2.36. The van der Waals surface area contributed by atoms with Crippen molar-refractivity contribution in [2.24, 2.45) is 0 Å². The van der Waals surface area contributed by atoms with Crippen LogP contribution in [0.4, 0.5) is 5.69 Å². The van der Waals surface area contributed by atoms with Gasteiger partial charge in [0.25, 0.3) is 0 Å². The van der Waals surface area contributed by atoms with Crippen molar-refractivity contribution in [2.45, 2.75) is 31.4 Å². The van der Waals surface area contributed by atoms with Gasteiger partial charge in [-0.1, -0.05) is 25.0 Å². The van der Waals surface area contributed by atoms with Crippen molar-refractivity contribution >= 4 is 15.7 Å². The minimum absolute atomic E-state index is 0.0239. The van der Waals surface area contributed by atoms with Crippen LogP contribution in [0.25, 0.3) is 0 Å². The molecule has 0 aromatic heterocycles. The maximum atomic E-state index is 11.8. The first-order valence-electron chi connectivity index (χ1n) is 6.46. The van der Waals surface area contributed by atoms with Gasteiger partial charge in [0.1, 0.15) is 0 Å². The van der Waals surface area contributed by atoms with Crippen LogP contribution in [-0.4, -0.2) is 26.7 Å². The third-order valence-corrected chi connectivity index (χ3v) is 4.10. The Labute approximate surface area is 114 Å². The lowest BCUT2D eigenvalue weighted by atomic mass is 10.2. The normalized spacial score (nSPS) is 11.6. The van der Waals surface area contributed by atoms with Gasteiger partial charge in [0, 0.05) is 18.8 Å². The number of nitrogens with one attached hydrogen (secondary N) is 1. The van der Waals surface area contributed by atoms with E-state index in [1.165, 1.54) is 0 Å². The van der Waals surface area contributed by atoms with Crippen LogP contribution in [0.15, 0.2) is 24.3 Å². The standard InChI is InChI=1S/C13H22N2O3S/c14-13-7-5-12(6-8-13)11-19(17,18)15-9-3-1-2-4-10-16/h5-8,15-16H,1-4,9-11,14H2. The molecule has 0 aliphatic carbocycles. The summed E-state index contributed by atoms with van der Waals surface area (Å²) in [4.78, 5) is 0. The number of unbranched alkanes of at least 4 members (excludes halogenated alkanes) is 3. The Balaban J connectivity index is 2.30. The van der Waals surface area contributed by atoms with E-state index in [0.29, 0.717) is 12.2 Å². The number of nitrogen functional groups attached to an aromatic ring is 1. The topological polar surface area (TPSA) is 92.4 Å². The van der Waals surface area contributed by atoms with Gasteiger partial charge in [0.2, 0.25) is 10.0 Å². The highest BCUT2D eigenvalue weighted by molar-refractivity contribution is 7.88. The van der Waals surface area contributed by atoms with Crippen LogP contribution in [0.2, 0.25) is 0 Å². The minimum atomic E-state index is -3.28. The summed E-state index contributed by atoms with van der Waals surface area (Å²) in [6.07, 6.45) is 3.42.